The molecule has 2 aromatic heterocycles. The Bertz CT molecular complexity index is 738. The van der Waals surface area contributed by atoms with E-state index in [-0.39, 0.29) is 17.6 Å². The molecule has 6 heteroatoms. The monoisotopic (exact) mass is 284 g/mol. The lowest BCUT2D eigenvalue weighted by Gasteiger charge is -2.10. The van der Waals surface area contributed by atoms with Gasteiger partial charge < -0.3 is 10.6 Å². The average molecular weight is 284 g/mol. The highest BCUT2D eigenvalue weighted by atomic mass is 16.2. The molecular formula is C15H16N4O2. The molecule has 2 N–H and O–H groups in total. The van der Waals surface area contributed by atoms with Gasteiger partial charge in [0.2, 0.25) is 5.91 Å². The van der Waals surface area contributed by atoms with Gasteiger partial charge in [0, 0.05) is 41.7 Å². The SMILES string of the molecule is CNc1ncc(C(C)=O)c2cc(NC(=O)C3CC3)ncc12. The highest BCUT2D eigenvalue weighted by Crippen LogP contribution is 2.31. The van der Waals surface area contributed by atoms with Crippen LogP contribution in [0.15, 0.2) is 18.5 Å². The first-order valence-corrected chi connectivity index (χ1v) is 6.88. The normalized spacial score (nSPS) is 14.0. The molecule has 0 saturated heterocycles. The molecule has 0 unspecified atom stereocenters. The number of amides is 1. The van der Waals surface area contributed by atoms with Crippen LogP contribution in [0, 0.1) is 5.92 Å². The van der Waals surface area contributed by atoms with Crippen LogP contribution in [0.3, 0.4) is 0 Å². The molecule has 1 aliphatic carbocycles. The Morgan fingerprint density at radius 1 is 1.19 bits per heavy atom. The quantitative estimate of drug-likeness (QED) is 0.841. The summed E-state index contributed by atoms with van der Waals surface area (Å²) in [7, 11) is 1.76. The molecule has 108 valence electrons. The third-order valence-corrected chi connectivity index (χ3v) is 3.59. The third kappa shape index (κ3) is 2.56. The number of hydrogen-bond acceptors (Lipinski definition) is 5. The number of carbonyl (C=O) groups excluding carboxylic acids is 2. The third-order valence-electron chi connectivity index (χ3n) is 3.59. The summed E-state index contributed by atoms with van der Waals surface area (Å²) in [5.74, 6) is 1.16. The van der Waals surface area contributed by atoms with Gasteiger partial charge in [0.05, 0.1) is 0 Å². The zero-order chi connectivity index (χ0) is 15.0. The number of aromatic nitrogens is 2. The molecule has 2 heterocycles. The van der Waals surface area contributed by atoms with Gasteiger partial charge in [-0.05, 0) is 25.8 Å². The molecule has 0 aromatic carbocycles. The van der Waals surface area contributed by atoms with Gasteiger partial charge in [0.25, 0.3) is 0 Å². The number of nitrogens with zero attached hydrogens (tertiary/aromatic N) is 2. The van der Waals surface area contributed by atoms with Gasteiger partial charge in [0.1, 0.15) is 11.6 Å². The molecule has 0 atom stereocenters. The fourth-order valence-corrected chi connectivity index (χ4v) is 2.26. The largest absolute Gasteiger partial charge is 0.373 e. The van der Waals surface area contributed by atoms with Crippen molar-refractivity contribution in [2.75, 3.05) is 17.7 Å². The predicted molar refractivity (Wildman–Crippen MR) is 80.4 cm³/mol. The second-order valence-corrected chi connectivity index (χ2v) is 5.21. The van der Waals surface area contributed by atoms with Crippen LogP contribution >= 0.6 is 0 Å². The zero-order valence-electron chi connectivity index (χ0n) is 11.9. The van der Waals surface area contributed by atoms with Crippen molar-refractivity contribution < 1.29 is 9.59 Å². The summed E-state index contributed by atoms with van der Waals surface area (Å²) < 4.78 is 0. The minimum atomic E-state index is -0.0687. The molecule has 1 amide bonds. The number of ketones is 1. The molecule has 21 heavy (non-hydrogen) atoms. The maximum atomic E-state index is 11.8. The summed E-state index contributed by atoms with van der Waals surface area (Å²) in [6, 6.07) is 1.73. The maximum absolute atomic E-state index is 11.8. The van der Waals surface area contributed by atoms with Gasteiger partial charge in [-0.1, -0.05) is 0 Å². The van der Waals surface area contributed by atoms with E-state index in [1.807, 2.05) is 0 Å². The number of pyridine rings is 2. The Hall–Kier alpha value is -2.50. The Kier molecular flexibility index (Phi) is 3.29. The van der Waals surface area contributed by atoms with Crippen LogP contribution in [0.4, 0.5) is 11.6 Å². The minimum Gasteiger partial charge on any atom is -0.373 e. The van der Waals surface area contributed by atoms with Crippen LogP contribution in [0.25, 0.3) is 10.8 Å². The van der Waals surface area contributed by atoms with Gasteiger partial charge in [-0.15, -0.1) is 0 Å². The molecule has 1 saturated carbocycles. The summed E-state index contributed by atoms with van der Waals surface area (Å²) >= 11 is 0. The number of hydrogen-bond donors (Lipinski definition) is 2. The number of carbonyl (C=O) groups is 2. The van der Waals surface area contributed by atoms with E-state index in [2.05, 4.69) is 20.6 Å². The van der Waals surface area contributed by atoms with Crippen LogP contribution in [0.5, 0.6) is 0 Å². The topological polar surface area (TPSA) is 84.0 Å². The standard InChI is InChI=1S/C15H16N4O2/c1-8(20)11-6-18-14(16-2)12-7-17-13(5-10(11)12)19-15(21)9-3-4-9/h5-7,9H,3-4H2,1-2H3,(H,16,18)(H,17,19,21). The highest BCUT2D eigenvalue weighted by Gasteiger charge is 2.29. The molecule has 2 aromatic rings. The van der Waals surface area contributed by atoms with Gasteiger partial charge in [0.15, 0.2) is 5.78 Å². The van der Waals surface area contributed by atoms with E-state index >= 15 is 0 Å². The molecule has 6 nitrogen and oxygen atoms in total. The van der Waals surface area contributed by atoms with Crippen molar-refractivity contribution in [2.45, 2.75) is 19.8 Å². The second-order valence-electron chi connectivity index (χ2n) is 5.21. The number of nitrogens with one attached hydrogen (secondary N) is 2. The van der Waals surface area contributed by atoms with Crippen LogP contribution in [-0.2, 0) is 4.79 Å². The van der Waals surface area contributed by atoms with E-state index in [4.69, 9.17) is 0 Å². The van der Waals surface area contributed by atoms with E-state index < -0.39 is 0 Å². The number of fused-ring (bicyclic) bond motifs is 1. The van der Waals surface area contributed by atoms with E-state index in [1.54, 1.807) is 25.5 Å². The first kappa shape index (κ1) is 13.5. The molecular weight excluding hydrogens is 268 g/mol. The lowest BCUT2D eigenvalue weighted by atomic mass is 10.1. The molecule has 1 aliphatic rings. The van der Waals surface area contributed by atoms with Crippen molar-refractivity contribution in [3.8, 4) is 0 Å². The Morgan fingerprint density at radius 2 is 1.95 bits per heavy atom. The van der Waals surface area contributed by atoms with Crippen LogP contribution in [0.1, 0.15) is 30.1 Å². The summed E-state index contributed by atoms with van der Waals surface area (Å²) in [6.07, 6.45) is 5.05. The van der Waals surface area contributed by atoms with E-state index in [0.717, 1.165) is 23.6 Å². The van der Waals surface area contributed by atoms with Gasteiger partial charge in [-0.2, -0.15) is 0 Å². The molecule has 0 spiro atoms. The summed E-state index contributed by atoms with van der Waals surface area (Å²) in [6.45, 7) is 1.50. The van der Waals surface area contributed by atoms with Crippen LogP contribution < -0.4 is 10.6 Å². The van der Waals surface area contributed by atoms with Crippen molar-refractivity contribution in [1.29, 1.82) is 0 Å². The van der Waals surface area contributed by atoms with Crippen molar-refractivity contribution in [3.63, 3.8) is 0 Å². The molecule has 3 rings (SSSR count). The second kappa shape index (κ2) is 5.12. The Morgan fingerprint density at radius 3 is 2.57 bits per heavy atom. The maximum Gasteiger partial charge on any atom is 0.228 e. The van der Waals surface area contributed by atoms with Gasteiger partial charge >= 0.3 is 0 Å². The smallest absolute Gasteiger partial charge is 0.228 e. The summed E-state index contributed by atoms with van der Waals surface area (Å²) in [5, 5.41) is 7.27. The van der Waals surface area contributed by atoms with Gasteiger partial charge in [-0.3, -0.25) is 9.59 Å². The van der Waals surface area contributed by atoms with Crippen LogP contribution in [0.2, 0.25) is 0 Å². The summed E-state index contributed by atoms with van der Waals surface area (Å²) in [5.41, 5.74) is 0.522. The Labute approximate surface area is 122 Å². The van der Waals surface area contributed by atoms with E-state index in [0.29, 0.717) is 17.2 Å². The zero-order valence-corrected chi connectivity index (χ0v) is 11.9. The van der Waals surface area contributed by atoms with E-state index in [9.17, 15) is 9.59 Å². The fraction of sp³-hybridized carbons (Fsp3) is 0.333. The van der Waals surface area contributed by atoms with Crippen molar-refractivity contribution in [1.82, 2.24) is 9.97 Å². The predicted octanol–water partition coefficient (Wildman–Crippen LogP) is 2.22. The van der Waals surface area contributed by atoms with Gasteiger partial charge in [-0.25, -0.2) is 9.97 Å². The van der Waals surface area contributed by atoms with Crippen molar-refractivity contribution in [2.24, 2.45) is 5.92 Å². The first-order valence-electron chi connectivity index (χ1n) is 6.88. The molecule has 1 fully saturated rings. The highest BCUT2D eigenvalue weighted by molar-refractivity contribution is 6.10. The molecule has 0 radical (unpaired) electrons. The van der Waals surface area contributed by atoms with Crippen molar-refractivity contribution in [3.05, 3.63) is 24.0 Å². The minimum absolute atomic E-state index is 0.00544. The average Bonchev–Trinajstić information content (AvgIpc) is 3.30. The number of anilines is 2. The van der Waals surface area contributed by atoms with Crippen LogP contribution in [-0.4, -0.2) is 28.7 Å². The van der Waals surface area contributed by atoms with E-state index in [1.165, 1.54) is 6.92 Å². The lowest BCUT2D eigenvalue weighted by Crippen LogP contribution is -2.14. The number of Topliss-reactive ketones (excluding diaryl/α,β-unsaturated/α-hetero) is 1. The molecule has 0 bridgehead atoms. The molecule has 0 aliphatic heterocycles. The lowest BCUT2D eigenvalue weighted by molar-refractivity contribution is -0.117. The Balaban J connectivity index is 2.07. The summed E-state index contributed by atoms with van der Waals surface area (Å²) in [4.78, 5) is 32.0. The fourth-order valence-electron chi connectivity index (χ4n) is 2.26. The first-order chi connectivity index (χ1) is 10.1. The number of rotatable bonds is 4. The van der Waals surface area contributed by atoms with Crippen molar-refractivity contribution >= 4 is 34.1 Å².